The number of ether oxygens (including phenoxy) is 1. The average Bonchev–Trinajstić information content (AvgIpc) is 3.14. The third kappa shape index (κ3) is 3.26. The van der Waals surface area contributed by atoms with Crippen LogP contribution in [-0.4, -0.2) is 23.8 Å². The van der Waals surface area contributed by atoms with Crippen molar-refractivity contribution in [2.75, 3.05) is 12.4 Å². The maximum atomic E-state index is 12.2. The Bertz CT molecular complexity index is 759. The van der Waals surface area contributed by atoms with Crippen molar-refractivity contribution in [2.45, 2.75) is 33.3 Å². The molecule has 1 N–H and O–H groups in total. The quantitative estimate of drug-likeness (QED) is 0.904. The van der Waals surface area contributed by atoms with Gasteiger partial charge in [0.05, 0.1) is 0 Å². The van der Waals surface area contributed by atoms with Crippen LogP contribution in [0, 0.1) is 11.8 Å². The van der Waals surface area contributed by atoms with Gasteiger partial charge in [-0.15, -0.1) is 0 Å². The summed E-state index contributed by atoms with van der Waals surface area (Å²) >= 11 is 0. The van der Waals surface area contributed by atoms with Gasteiger partial charge in [-0.2, -0.15) is 4.98 Å². The summed E-state index contributed by atoms with van der Waals surface area (Å²) in [5.74, 6) is 1.31. The lowest BCUT2D eigenvalue weighted by atomic mass is 9.82. The molecule has 128 valence electrons. The van der Waals surface area contributed by atoms with Crippen LogP contribution in [0.25, 0.3) is 0 Å². The molecule has 7 heteroatoms. The summed E-state index contributed by atoms with van der Waals surface area (Å²) in [5.41, 5.74) is 0.321. The normalized spacial score (nSPS) is 17.2. The second kappa shape index (κ2) is 6.60. The highest BCUT2D eigenvalue weighted by molar-refractivity contribution is 6.02. The van der Waals surface area contributed by atoms with Crippen LogP contribution >= 0.6 is 0 Å². The van der Waals surface area contributed by atoms with Crippen LogP contribution in [0.4, 0.5) is 6.01 Å². The molecule has 0 radical (unpaired) electrons. The molecule has 1 unspecified atom stereocenters. The number of furan rings is 1. The minimum atomic E-state index is -0.483. The number of nitrogens with one attached hydrogen (secondary N) is 1. The lowest BCUT2D eigenvalue weighted by Gasteiger charge is -2.22. The summed E-state index contributed by atoms with van der Waals surface area (Å²) in [5, 5.41) is 2.53. The van der Waals surface area contributed by atoms with E-state index in [1.807, 2.05) is 0 Å². The summed E-state index contributed by atoms with van der Waals surface area (Å²) < 4.78 is 15.9. The number of methoxy groups -OCH3 is 1. The second-order valence-corrected chi connectivity index (χ2v) is 6.28. The zero-order valence-electron chi connectivity index (χ0n) is 13.9. The fourth-order valence-electron chi connectivity index (χ4n) is 2.76. The van der Waals surface area contributed by atoms with Gasteiger partial charge in [0.15, 0.2) is 11.5 Å². The first-order valence-corrected chi connectivity index (χ1v) is 7.89. The van der Waals surface area contributed by atoms with Crippen molar-refractivity contribution in [3.8, 4) is 0 Å². The fourth-order valence-corrected chi connectivity index (χ4v) is 2.76. The van der Waals surface area contributed by atoms with E-state index in [1.54, 1.807) is 19.2 Å². The SMILES string of the molecule is COCc1ccc(C(=O)Nc2nc3c(o2)CC(C(C)C)CC3=O)o1. The highest BCUT2D eigenvalue weighted by Crippen LogP contribution is 2.31. The number of carbonyl (C=O) groups is 2. The van der Waals surface area contributed by atoms with Gasteiger partial charge in [-0.1, -0.05) is 13.8 Å². The summed E-state index contributed by atoms with van der Waals surface area (Å²) in [6.45, 7) is 4.44. The van der Waals surface area contributed by atoms with E-state index >= 15 is 0 Å². The Morgan fingerprint density at radius 1 is 1.38 bits per heavy atom. The Balaban J connectivity index is 1.73. The number of hydrogen-bond donors (Lipinski definition) is 1. The van der Waals surface area contributed by atoms with E-state index in [9.17, 15) is 9.59 Å². The molecule has 0 spiro atoms. The van der Waals surface area contributed by atoms with Crippen molar-refractivity contribution in [3.63, 3.8) is 0 Å². The average molecular weight is 332 g/mol. The van der Waals surface area contributed by atoms with Crippen LogP contribution in [0.1, 0.15) is 52.8 Å². The van der Waals surface area contributed by atoms with Crippen LogP contribution in [0.3, 0.4) is 0 Å². The summed E-state index contributed by atoms with van der Waals surface area (Å²) in [4.78, 5) is 28.5. The molecule has 2 heterocycles. The number of carbonyl (C=O) groups excluding carboxylic acids is 2. The van der Waals surface area contributed by atoms with E-state index in [4.69, 9.17) is 13.6 Å². The molecule has 0 bridgehead atoms. The van der Waals surface area contributed by atoms with Crippen molar-refractivity contribution >= 4 is 17.7 Å². The van der Waals surface area contributed by atoms with Crippen molar-refractivity contribution < 1.29 is 23.2 Å². The van der Waals surface area contributed by atoms with Gasteiger partial charge in [0.25, 0.3) is 5.91 Å². The van der Waals surface area contributed by atoms with Gasteiger partial charge in [0.1, 0.15) is 23.8 Å². The van der Waals surface area contributed by atoms with Gasteiger partial charge < -0.3 is 13.6 Å². The zero-order chi connectivity index (χ0) is 17.3. The topological polar surface area (TPSA) is 94.6 Å². The van der Waals surface area contributed by atoms with Gasteiger partial charge in [0, 0.05) is 20.0 Å². The minimum absolute atomic E-state index is 0.0208. The van der Waals surface area contributed by atoms with Crippen molar-refractivity contribution in [2.24, 2.45) is 11.8 Å². The number of oxazole rings is 1. The molecule has 0 fully saturated rings. The smallest absolute Gasteiger partial charge is 0.302 e. The van der Waals surface area contributed by atoms with Crippen molar-refractivity contribution in [3.05, 3.63) is 35.1 Å². The highest BCUT2D eigenvalue weighted by atomic mass is 16.5. The van der Waals surface area contributed by atoms with E-state index in [0.717, 1.165) is 0 Å². The Labute approximate surface area is 139 Å². The van der Waals surface area contributed by atoms with Gasteiger partial charge in [-0.25, -0.2) is 0 Å². The molecule has 1 amide bonds. The standard InChI is InChI=1S/C17H20N2O5/c1-9(2)10-6-12(20)15-14(7-10)24-17(18-15)19-16(21)13-5-4-11(23-13)8-22-3/h4-5,9-10H,6-8H2,1-3H3,(H,18,19,21). The molecule has 0 aliphatic heterocycles. The molecule has 2 aromatic rings. The van der Waals surface area contributed by atoms with E-state index in [0.29, 0.717) is 36.0 Å². The minimum Gasteiger partial charge on any atom is -0.453 e. The van der Waals surface area contributed by atoms with E-state index in [2.05, 4.69) is 24.1 Å². The number of aromatic nitrogens is 1. The molecule has 0 aromatic carbocycles. The predicted octanol–water partition coefficient (Wildman–Crippen LogP) is 3.07. The van der Waals surface area contributed by atoms with E-state index in [-0.39, 0.29) is 30.1 Å². The zero-order valence-corrected chi connectivity index (χ0v) is 13.9. The molecule has 24 heavy (non-hydrogen) atoms. The number of anilines is 1. The van der Waals surface area contributed by atoms with Crippen LogP contribution in [0.2, 0.25) is 0 Å². The van der Waals surface area contributed by atoms with Gasteiger partial charge in [0.2, 0.25) is 0 Å². The van der Waals surface area contributed by atoms with Gasteiger partial charge in [-0.3, -0.25) is 14.9 Å². The third-order valence-corrected chi connectivity index (χ3v) is 4.19. The number of rotatable bonds is 5. The molecular weight excluding hydrogens is 312 g/mol. The Hall–Kier alpha value is -2.41. The van der Waals surface area contributed by atoms with Crippen LogP contribution < -0.4 is 5.32 Å². The Morgan fingerprint density at radius 3 is 2.88 bits per heavy atom. The third-order valence-electron chi connectivity index (χ3n) is 4.19. The number of hydrogen-bond acceptors (Lipinski definition) is 6. The maximum absolute atomic E-state index is 12.2. The molecule has 0 saturated carbocycles. The summed E-state index contributed by atoms with van der Waals surface area (Å²) in [6.07, 6.45) is 1.11. The van der Waals surface area contributed by atoms with Gasteiger partial charge in [-0.05, 0) is 24.0 Å². The summed E-state index contributed by atoms with van der Waals surface area (Å²) in [6, 6.07) is 3.23. The Kier molecular flexibility index (Phi) is 4.53. The molecule has 1 atom stereocenters. The molecule has 1 aliphatic carbocycles. The van der Waals surface area contributed by atoms with Crippen LogP contribution in [0.5, 0.6) is 0 Å². The molecule has 0 saturated heterocycles. The number of amides is 1. The molecule has 7 nitrogen and oxygen atoms in total. The molecule has 1 aliphatic rings. The van der Waals surface area contributed by atoms with Gasteiger partial charge >= 0.3 is 6.01 Å². The molecule has 3 rings (SSSR count). The first-order valence-electron chi connectivity index (χ1n) is 7.89. The van der Waals surface area contributed by atoms with Crippen LogP contribution in [0.15, 0.2) is 21.0 Å². The number of Topliss-reactive ketones (excluding diaryl/α,β-unsaturated/α-hetero) is 1. The monoisotopic (exact) mass is 332 g/mol. The lowest BCUT2D eigenvalue weighted by Crippen LogP contribution is -2.23. The largest absolute Gasteiger partial charge is 0.453 e. The summed E-state index contributed by atoms with van der Waals surface area (Å²) in [7, 11) is 1.54. The maximum Gasteiger partial charge on any atom is 0.302 e. The lowest BCUT2D eigenvalue weighted by molar-refractivity contribution is 0.0922. The highest BCUT2D eigenvalue weighted by Gasteiger charge is 2.32. The van der Waals surface area contributed by atoms with Crippen molar-refractivity contribution in [1.82, 2.24) is 4.98 Å². The first-order chi connectivity index (χ1) is 11.5. The predicted molar refractivity (Wildman–Crippen MR) is 84.9 cm³/mol. The van der Waals surface area contributed by atoms with E-state index < -0.39 is 5.91 Å². The molecule has 2 aromatic heterocycles. The van der Waals surface area contributed by atoms with Crippen molar-refractivity contribution in [1.29, 1.82) is 0 Å². The van der Waals surface area contributed by atoms with Crippen LogP contribution in [-0.2, 0) is 17.8 Å². The number of ketones is 1. The molecular formula is C17H20N2O5. The fraction of sp³-hybridized carbons (Fsp3) is 0.471. The van der Waals surface area contributed by atoms with E-state index in [1.165, 1.54) is 0 Å². The Morgan fingerprint density at radius 2 is 2.17 bits per heavy atom. The second-order valence-electron chi connectivity index (χ2n) is 6.28. The number of nitrogens with zero attached hydrogens (tertiary/aromatic N) is 1. The number of fused-ring (bicyclic) bond motifs is 1. The first kappa shape index (κ1) is 16.4.